The Kier molecular flexibility index (Phi) is 4.12. The van der Waals surface area contributed by atoms with Gasteiger partial charge in [0.15, 0.2) is 0 Å². The summed E-state index contributed by atoms with van der Waals surface area (Å²) in [5.74, 6) is 0. The van der Waals surface area contributed by atoms with Crippen molar-refractivity contribution < 1.29 is 9.90 Å². The first-order chi connectivity index (χ1) is 7.78. The Balaban J connectivity index is 2.60. The van der Waals surface area contributed by atoms with Gasteiger partial charge in [-0.3, -0.25) is 0 Å². The van der Waals surface area contributed by atoms with E-state index in [0.717, 1.165) is 11.3 Å². The van der Waals surface area contributed by atoms with E-state index in [-0.39, 0.29) is 12.6 Å². The van der Waals surface area contributed by atoms with Crippen molar-refractivity contribution in [1.82, 2.24) is 4.90 Å². The SMILES string of the molecule is Cc1cccc(NC(=O)N(C)CC(C)(C)O)c1. The number of rotatable bonds is 3. The number of urea groups is 1. The molecule has 2 amide bonds. The molecule has 0 saturated heterocycles. The van der Waals surface area contributed by atoms with Gasteiger partial charge in [0.25, 0.3) is 0 Å². The minimum absolute atomic E-state index is 0.224. The summed E-state index contributed by atoms with van der Waals surface area (Å²) in [7, 11) is 1.66. The highest BCUT2D eigenvalue weighted by molar-refractivity contribution is 5.89. The monoisotopic (exact) mass is 236 g/mol. The number of carbonyl (C=O) groups excluding carboxylic acids is 1. The number of hydrogen-bond donors (Lipinski definition) is 2. The minimum Gasteiger partial charge on any atom is -0.389 e. The number of hydrogen-bond acceptors (Lipinski definition) is 2. The second-order valence-electron chi connectivity index (χ2n) is 4.97. The van der Waals surface area contributed by atoms with E-state index in [0.29, 0.717) is 0 Å². The third-order valence-corrected chi connectivity index (χ3v) is 2.24. The van der Waals surface area contributed by atoms with E-state index in [9.17, 15) is 9.90 Å². The summed E-state index contributed by atoms with van der Waals surface area (Å²) in [5, 5.41) is 12.4. The highest BCUT2D eigenvalue weighted by atomic mass is 16.3. The molecular formula is C13H20N2O2. The second kappa shape index (κ2) is 5.19. The molecule has 94 valence electrons. The Morgan fingerprint density at radius 2 is 2.12 bits per heavy atom. The number of nitrogens with zero attached hydrogens (tertiary/aromatic N) is 1. The first kappa shape index (κ1) is 13.5. The molecule has 0 aliphatic carbocycles. The lowest BCUT2D eigenvalue weighted by Crippen LogP contribution is -2.41. The summed E-state index contributed by atoms with van der Waals surface area (Å²) in [6.45, 7) is 5.59. The second-order valence-corrected chi connectivity index (χ2v) is 4.97. The van der Waals surface area contributed by atoms with Gasteiger partial charge in [-0.1, -0.05) is 12.1 Å². The Morgan fingerprint density at radius 1 is 1.47 bits per heavy atom. The molecule has 0 aromatic heterocycles. The lowest BCUT2D eigenvalue weighted by molar-refractivity contribution is 0.0550. The van der Waals surface area contributed by atoms with Crippen LogP contribution in [0, 0.1) is 6.92 Å². The highest BCUT2D eigenvalue weighted by Crippen LogP contribution is 2.11. The van der Waals surface area contributed by atoms with Crippen LogP contribution >= 0.6 is 0 Å². The molecule has 1 aromatic carbocycles. The number of likely N-dealkylation sites (N-methyl/N-ethyl adjacent to an activating group) is 1. The molecule has 0 atom stereocenters. The van der Waals surface area contributed by atoms with Crippen LogP contribution < -0.4 is 5.32 Å². The largest absolute Gasteiger partial charge is 0.389 e. The van der Waals surface area contributed by atoms with E-state index in [1.165, 1.54) is 4.90 Å². The minimum atomic E-state index is -0.890. The van der Waals surface area contributed by atoms with E-state index < -0.39 is 5.60 Å². The van der Waals surface area contributed by atoms with Gasteiger partial charge in [-0.25, -0.2) is 4.79 Å². The topological polar surface area (TPSA) is 52.6 Å². The fraction of sp³-hybridized carbons (Fsp3) is 0.462. The van der Waals surface area contributed by atoms with Crippen molar-refractivity contribution in [2.24, 2.45) is 0 Å². The molecule has 0 saturated carbocycles. The van der Waals surface area contributed by atoms with Crippen molar-refractivity contribution in [2.75, 3.05) is 18.9 Å². The molecule has 0 radical (unpaired) electrons. The predicted molar refractivity (Wildman–Crippen MR) is 69.1 cm³/mol. The van der Waals surface area contributed by atoms with Crippen LogP contribution in [0.4, 0.5) is 10.5 Å². The quantitative estimate of drug-likeness (QED) is 0.845. The van der Waals surface area contributed by atoms with Crippen LogP contribution in [-0.4, -0.2) is 35.2 Å². The Morgan fingerprint density at radius 3 is 2.65 bits per heavy atom. The van der Waals surface area contributed by atoms with Crippen LogP contribution in [-0.2, 0) is 0 Å². The van der Waals surface area contributed by atoms with Gasteiger partial charge in [-0.05, 0) is 38.5 Å². The molecule has 0 bridgehead atoms. The smallest absolute Gasteiger partial charge is 0.321 e. The maximum Gasteiger partial charge on any atom is 0.321 e. The van der Waals surface area contributed by atoms with Gasteiger partial charge < -0.3 is 15.3 Å². The van der Waals surface area contributed by atoms with Gasteiger partial charge in [-0.15, -0.1) is 0 Å². The van der Waals surface area contributed by atoms with Crippen molar-refractivity contribution in [3.05, 3.63) is 29.8 Å². The third-order valence-electron chi connectivity index (χ3n) is 2.24. The first-order valence-corrected chi connectivity index (χ1v) is 5.59. The van der Waals surface area contributed by atoms with Crippen molar-refractivity contribution in [3.8, 4) is 0 Å². The average molecular weight is 236 g/mol. The van der Waals surface area contributed by atoms with Crippen LogP contribution in [0.1, 0.15) is 19.4 Å². The maximum absolute atomic E-state index is 11.8. The van der Waals surface area contributed by atoms with E-state index in [1.54, 1.807) is 20.9 Å². The third kappa shape index (κ3) is 4.87. The molecule has 0 aliphatic heterocycles. The van der Waals surface area contributed by atoms with Crippen LogP contribution in [0.15, 0.2) is 24.3 Å². The molecule has 0 fully saturated rings. The summed E-state index contributed by atoms with van der Waals surface area (Å²) in [5.41, 5.74) is 0.962. The number of aryl methyl sites for hydroxylation is 1. The lowest BCUT2D eigenvalue weighted by Gasteiger charge is -2.25. The van der Waals surface area contributed by atoms with Gasteiger partial charge in [0.05, 0.1) is 12.1 Å². The number of amides is 2. The van der Waals surface area contributed by atoms with Gasteiger partial charge in [0, 0.05) is 12.7 Å². The summed E-state index contributed by atoms with van der Waals surface area (Å²) in [4.78, 5) is 13.3. The van der Waals surface area contributed by atoms with Crippen molar-refractivity contribution in [3.63, 3.8) is 0 Å². The molecule has 1 rings (SSSR count). The van der Waals surface area contributed by atoms with E-state index >= 15 is 0 Å². The Hall–Kier alpha value is -1.55. The number of carbonyl (C=O) groups is 1. The summed E-state index contributed by atoms with van der Waals surface area (Å²) in [6.07, 6.45) is 0. The molecule has 4 nitrogen and oxygen atoms in total. The standard InChI is InChI=1S/C13H20N2O2/c1-10-6-5-7-11(8-10)14-12(16)15(4)9-13(2,3)17/h5-8,17H,9H2,1-4H3,(H,14,16). The van der Waals surface area contributed by atoms with Gasteiger partial charge in [-0.2, -0.15) is 0 Å². The molecule has 0 aliphatic rings. The molecule has 17 heavy (non-hydrogen) atoms. The molecule has 0 heterocycles. The molecule has 2 N–H and O–H groups in total. The number of benzene rings is 1. The predicted octanol–water partition coefficient (Wildman–Crippen LogP) is 2.23. The van der Waals surface area contributed by atoms with Crippen LogP contribution in [0.25, 0.3) is 0 Å². The van der Waals surface area contributed by atoms with Gasteiger partial charge in [0.2, 0.25) is 0 Å². The number of aliphatic hydroxyl groups is 1. The van der Waals surface area contributed by atoms with E-state index in [2.05, 4.69) is 5.32 Å². The number of nitrogens with one attached hydrogen (secondary N) is 1. The van der Waals surface area contributed by atoms with Gasteiger partial charge in [0.1, 0.15) is 0 Å². The zero-order valence-corrected chi connectivity index (χ0v) is 10.8. The van der Waals surface area contributed by atoms with E-state index in [1.807, 2.05) is 31.2 Å². The van der Waals surface area contributed by atoms with Crippen LogP contribution in [0.2, 0.25) is 0 Å². The fourth-order valence-electron chi connectivity index (χ4n) is 1.59. The zero-order valence-electron chi connectivity index (χ0n) is 10.8. The lowest BCUT2D eigenvalue weighted by atomic mass is 10.1. The van der Waals surface area contributed by atoms with Crippen LogP contribution in [0.5, 0.6) is 0 Å². The average Bonchev–Trinajstić information content (AvgIpc) is 2.14. The maximum atomic E-state index is 11.8. The van der Waals surface area contributed by atoms with Crippen molar-refractivity contribution >= 4 is 11.7 Å². The molecule has 0 spiro atoms. The summed E-state index contributed by atoms with van der Waals surface area (Å²) < 4.78 is 0. The first-order valence-electron chi connectivity index (χ1n) is 5.59. The van der Waals surface area contributed by atoms with Gasteiger partial charge >= 0.3 is 6.03 Å². The Bertz CT molecular complexity index is 397. The summed E-state index contributed by atoms with van der Waals surface area (Å²) in [6, 6.07) is 7.37. The Labute approximate surface area is 102 Å². The van der Waals surface area contributed by atoms with Crippen LogP contribution in [0.3, 0.4) is 0 Å². The molecule has 4 heteroatoms. The summed E-state index contributed by atoms with van der Waals surface area (Å²) >= 11 is 0. The molecule has 1 aromatic rings. The highest BCUT2D eigenvalue weighted by Gasteiger charge is 2.19. The normalized spacial score (nSPS) is 11.1. The molecular weight excluding hydrogens is 216 g/mol. The number of anilines is 1. The fourth-order valence-corrected chi connectivity index (χ4v) is 1.59. The van der Waals surface area contributed by atoms with Crippen molar-refractivity contribution in [2.45, 2.75) is 26.4 Å². The molecule has 0 unspecified atom stereocenters. The zero-order chi connectivity index (χ0) is 13.1. The van der Waals surface area contributed by atoms with E-state index in [4.69, 9.17) is 0 Å². The van der Waals surface area contributed by atoms with Crippen molar-refractivity contribution in [1.29, 1.82) is 0 Å².